The van der Waals surface area contributed by atoms with Gasteiger partial charge in [0.05, 0.1) is 11.5 Å². The summed E-state index contributed by atoms with van der Waals surface area (Å²) in [6, 6.07) is 3.08. The average molecular weight is 256 g/mol. The predicted molar refractivity (Wildman–Crippen MR) is 60.2 cm³/mol. The van der Waals surface area contributed by atoms with Crippen LogP contribution in [0.4, 0.5) is 8.78 Å². The van der Waals surface area contributed by atoms with Gasteiger partial charge in [-0.3, -0.25) is 4.79 Å². The molecule has 0 amide bonds. The minimum atomic E-state index is -1.17. The fourth-order valence-electron chi connectivity index (χ4n) is 2.39. The van der Waals surface area contributed by atoms with Crippen molar-refractivity contribution >= 4 is 5.97 Å². The van der Waals surface area contributed by atoms with Crippen LogP contribution in [-0.4, -0.2) is 23.8 Å². The molecule has 0 bridgehead atoms. The first-order valence-electron chi connectivity index (χ1n) is 5.74. The van der Waals surface area contributed by atoms with E-state index in [1.807, 2.05) is 0 Å². The molecule has 2 unspecified atom stereocenters. The molecule has 1 aliphatic rings. The van der Waals surface area contributed by atoms with Gasteiger partial charge >= 0.3 is 5.97 Å². The molecule has 1 aliphatic heterocycles. The number of rotatable bonds is 3. The smallest absolute Gasteiger partial charge is 0.312 e. The summed E-state index contributed by atoms with van der Waals surface area (Å²) in [4.78, 5) is 11.4. The maximum absolute atomic E-state index is 13.6. The molecule has 1 saturated heterocycles. The van der Waals surface area contributed by atoms with Crippen LogP contribution >= 0.6 is 0 Å². The Balaban J connectivity index is 2.35. The summed E-state index contributed by atoms with van der Waals surface area (Å²) in [5.41, 5.74) is -1.09. The van der Waals surface area contributed by atoms with E-state index in [1.165, 1.54) is 0 Å². The van der Waals surface area contributed by atoms with E-state index >= 15 is 0 Å². The number of carboxylic acid groups (broad SMARTS) is 1. The molecule has 1 aromatic rings. The molecule has 98 valence electrons. The lowest BCUT2D eigenvalue weighted by Crippen LogP contribution is -2.39. The second-order valence-corrected chi connectivity index (χ2v) is 4.64. The number of hydrogen-bond donors (Lipinski definition) is 1. The van der Waals surface area contributed by atoms with E-state index in [0.29, 0.717) is 13.0 Å². The van der Waals surface area contributed by atoms with Gasteiger partial charge in [0, 0.05) is 6.61 Å². The van der Waals surface area contributed by atoms with Crippen LogP contribution in [-0.2, 0) is 16.0 Å². The molecule has 5 heteroatoms. The topological polar surface area (TPSA) is 46.5 Å². The predicted octanol–water partition coefficient (Wildman–Crippen LogP) is 2.39. The van der Waals surface area contributed by atoms with Gasteiger partial charge in [-0.2, -0.15) is 0 Å². The molecular formula is C13H14F2O3. The number of hydrogen-bond acceptors (Lipinski definition) is 2. The third-order valence-corrected chi connectivity index (χ3v) is 3.63. The van der Waals surface area contributed by atoms with E-state index in [2.05, 4.69) is 0 Å². The number of ether oxygens (including phenoxy) is 1. The second-order valence-electron chi connectivity index (χ2n) is 4.64. The molecule has 18 heavy (non-hydrogen) atoms. The van der Waals surface area contributed by atoms with E-state index in [0.717, 1.165) is 18.2 Å². The lowest BCUT2D eigenvalue weighted by atomic mass is 9.76. The Morgan fingerprint density at radius 2 is 2.28 bits per heavy atom. The maximum atomic E-state index is 13.6. The van der Waals surface area contributed by atoms with Gasteiger partial charge in [0.25, 0.3) is 0 Å². The molecular weight excluding hydrogens is 242 g/mol. The Bertz CT molecular complexity index is 475. The first-order valence-corrected chi connectivity index (χ1v) is 5.74. The van der Waals surface area contributed by atoms with E-state index in [4.69, 9.17) is 4.74 Å². The maximum Gasteiger partial charge on any atom is 0.312 e. The van der Waals surface area contributed by atoms with Gasteiger partial charge in [-0.15, -0.1) is 0 Å². The Morgan fingerprint density at radius 3 is 2.83 bits per heavy atom. The SMILES string of the molecule is CC1OCCC1(Cc1cc(F)ccc1F)C(=O)O. The first-order chi connectivity index (χ1) is 8.45. The van der Waals surface area contributed by atoms with E-state index in [1.54, 1.807) is 6.92 Å². The quantitative estimate of drug-likeness (QED) is 0.903. The summed E-state index contributed by atoms with van der Waals surface area (Å²) in [5.74, 6) is -2.19. The van der Waals surface area contributed by atoms with Crippen molar-refractivity contribution in [1.29, 1.82) is 0 Å². The van der Waals surface area contributed by atoms with E-state index in [9.17, 15) is 18.7 Å². The second kappa shape index (κ2) is 4.65. The fraction of sp³-hybridized carbons (Fsp3) is 0.462. The summed E-state index contributed by atoms with van der Waals surface area (Å²) in [7, 11) is 0. The lowest BCUT2D eigenvalue weighted by molar-refractivity contribution is -0.151. The van der Waals surface area contributed by atoms with Gasteiger partial charge in [-0.1, -0.05) is 0 Å². The van der Waals surface area contributed by atoms with Gasteiger partial charge in [0.2, 0.25) is 0 Å². The van der Waals surface area contributed by atoms with Crippen LogP contribution in [0.2, 0.25) is 0 Å². The van der Waals surface area contributed by atoms with E-state index in [-0.39, 0.29) is 12.0 Å². The third kappa shape index (κ3) is 2.10. The Hall–Kier alpha value is -1.49. The largest absolute Gasteiger partial charge is 0.481 e. The molecule has 0 aromatic heterocycles. The van der Waals surface area contributed by atoms with Crippen molar-refractivity contribution < 1.29 is 23.4 Å². The van der Waals surface area contributed by atoms with Crippen molar-refractivity contribution in [2.75, 3.05) is 6.61 Å². The number of halogens is 2. The van der Waals surface area contributed by atoms with Gasteiger partial charge in [0.15, 0.2) is 0 Å². The first kappa shape index (κ1) is 13.0. The molecule has 1 N–H and O–H groups in total. The highest BCUT2D eigenvalue weighted by atomic mass is 19.1. The number of carboxylic acids is 1. The average Bonchev–Trinajstić information content (AvgIpc) is 2.67. The Morgan fingerprint density at radius 1 is 1.56 bits per heavy atom. The summed E-state index contributed by atoms with van der Waals surface area (Å²) >= 11 is 0. The molecule has 0 aliphatic carbocycles. The standard InChI is InChI=1S/C13H14F2O3/c1-8-13(12(16)17,4-5-18-8)7-9-6-10(14)2-3-11(9)15/h2-3,6,8H,4-5,7H2,1H3,(H,16,17). The van der Waals surface area contributed by atoms with Crippen molar-refractivity contribution in [2.45, 2.75) is 25.9 Å². The molecule has 3 nitrogen and oxygen atoms in total. The van der Waals surface area contributed by atoms with Gasteiger partial charge in [-0.25, -0.2) is 8.78 Å². The molecule has 0 spiro atoms. The normalized spacial score (nSPS) is 27.4. The van der Waals surface area contributed by atoms with Crippen LogP contribution in [0.3, 0.4) is 0 Å². The van der Waals surface area contributed by atoms with Crippen molar-refractivity contribution in [3.63, 3.8) is 0 Å². The van der Waals surface area contributed by atoms with Crippen molar-refractivity contribution in [3.05, 3.63) is 35.4 Å². The molecule has 1 heterocycles. The van der Waals surface area contributed by atoms with Crippen LogP contribution in [0.25, 0.3) is 0 Å². The summed E-state index contributed by atoms with van der Waals surface area (Å²) < 4.78 is 32.0. The molecule has 1 fully saturated rings. The van der Waals surface area contributed by atoms with Gasteiger partial charge in [-0.05, 0) is 43.5 Å². The summed E-state index contributed by atoms with van der Waals surface area (Å²) in [6.45, 7) is 1.97. The minimum Gasteiger partial charge on any atom is -0.481 e. The third-order valence-electron chi connectivity index (χ3n) is 3.63. The van der Waals surface area contributed by atoms with Crippen LogP contribution in [0.1, 0.15) is 18.9 Å². The van der Waals surface area contributed by atoms with Crippen LogP contribution in [0.15, 0.2) is 18.2 Å². The molecule has 0 saturated carbocycles. The van der Waals surface area contributed by atoms with Crippen LogP contribution in [0, 0.1) is 17.0 Å². The molecule has 2 rings (SSSR count). The highest BCUT2D eigenvalue weighted by molar-refractivity contribution is 5.76. The highest BCUT2D eigenvalue weighted by Gasteiger charge is 2.48. The zero-order valence-corrected chi connectivity index (χ0v) is 9.95. The number of benzene rings is 1. The highest BCUT2D eigenvalue weighted by Crippen LogP contribution is 2.39. The monoisotopic (exact) mass is 256 g/mol. The number of aliphatic carboxylic acids is 1. The lowest BCUT2D eigenvalue weighted by Gasteiger charge is -2.27. The van der Waals surface area contributed by atoms with Crippen molar-refractivity contribution in [3.8, 4) is 0 Å². The molecule has 2 atom stereocenters. The van der Waals surface area contributed by atoms with E-state index < -0.39 is 29.1 Å². The van der Waals surface area contributed by atoms with Crippen LogP contribution in [0.5, 0.6) is 0 Å². The van der Waals surface area contributed by atoms with Crippen molar-refractivity contribution in [1.82, 2.24) is 0 Å². The zero-order chi connectivity index (χ0) is 13.3. The van der Waals surface area contributed by atoms with Gasteiger partial charge in [0.1, 0.15) is 11.6 Å². The minimum absolute atomic E-state index is 0.0624. The summed E-state index contributed by atoms with van der Waals surface area (Å²) in [5, 5.41) is 9.36. The fourth-order valence-corrected chi connectivity index (χ4v) is 2.39. The van der Waals surface area contributed by atoms with Crippen LogP contribution < -0.4 is 0 Å². The Labute approximate surface area is 103 Å². The van der Waals surface area contributed by atoms with Crippen molar-refractivity contribution in [2.24, 2.45) is 5.41 Å². The number of carbonyl (C=O) groups is 1. The van der Waals surface area contributed by atoms with Gasteiger partial charge < -0.3 is 9.84 Å². The zero-order valence-electron chi connectivity index (χ0n) is 9.95. The summed E-state index contributed by atoms with van der Waals surface area (Å²) in [6.07, 6.45) is -0.273. The Kier molecular flexibility index (Phi) is 3.34. The molecule has 0 radical (unpaired) electrons. The molecule has 1 aromatic carbocycles.